The van der Waals surface area contributed by atoms with Gasteiger partial charge in [0.15, 0.2) is 0 Å². The average molecular weight is 259 g/mol. The van der Waals surface area contributed by atoms with Gasteiger partial charge in [-0.25, -0.2) is 0 Å². The van der Waals surface area contributed by atoms with Gasteiger partial charge in [-0.2, -0.15) is 0 Å². The van der Waals surface area contributed by atoms with Crippen molar-refractivity contribution >= 4 is 0 Å². The molecule has 1 aromatic carbocycles. The molecule has 106 valence electrons. The number of rotatable bonds is 3. The van der Waals surface area contributed by atoms with Gasteiger partial charge in [0.2, 0.25) is 0 Å². The first-order chi connectivity index (χ1) is 8.99. The molecule has 1 nitrogen and oxygen atoms in total. The summed E-state index contributed by atoms with van der Waals surface area (Å²) in [6.07, 6.45) is 2.64. The Balaban J connectivity index is 2.06. The van der Waals surface area contributed by atoms with Crippen molar-refractivity contribution in [1.82, 2.24) is 4.90 Å². The number of benzene rings is 1. The standard InChI is InChI=1S/C18H29N/c1-13(2)18-7-6-17(12-15(18)5)16-8-10-19(11-9-16)14(3)4/h6-7,12-14,16H,8-11H2,1-5H3. The van der Waals surface area contributed by atoms with E-state index >= 15 is 0 Å². The van der Waals surface area contributed by atoms with E-state index in [-0.39, 0.29) is 0 Å². The zero-order valence-corrected chi connectivity index (χ0v) is 13.2. The minimum Gasteiger partial charge on any atom is -0.301 e. The summed E-state index contributed by atoms with van der Waals surface area (Å²) in [7, 11) is 0. The fraction of sp³-hybridized carbons (Fsp3) is 0.667. The van der Waals surface area contributed by atoms with Gasteiger partial charge in [-0.1, -0.05) is 32.0 Å². The maximum Gasteiger partial charge on any atom is 0.00385 e. The van der Waals surface area contributed by atoms with Gasteiger partial charge in [0.1, 0.15) is 0 Å². The zero-order chi connectivity index (χ0) is 14.0. The highest BCUT2D eigenvalue weighted by Crippen LogP contribution is 2.31. The molecule has 1 heteroatoms. The summed E-state index contributed by atoms with van der Waals surface area (Å²) >= 11 is 0. The van der Waals surface area contributed by atoms with Crippen LogP contribution in [0.3, 0.4) is 0 Å². The van der Waals surface area contributed by atoms with E-state index in [1.807, 2.05) is 0 Å². The van der Waals surface area contributed by atoms with Gasteiger partial charge in [0, 0.05) is 6.04 Å². The normalized spacial score (nSPS) is 18.5. The monoisotopic (exact) mass is 259 g/mol. The van der Waals surface area contributed by atoms with Crippen molar-refractivity contribution in [3.63, 3.8) is 0 Å². The van der Waals surface area contributed by atoms with Crippen LogP contribution < -0.4 is 0 Å². The molecule has 0 amide bonds. The number of piperidine rings is 1. The zero-order valence-electron chi connectivity index (χ0n) is 13.2. The van der Waals surface area contributed by atoms with Crippen molar-refractivity contribution in [1.29, 1.82) is 0 Å². The Morgan fingerprint density at radius 2 is 1.68 bits per heavy atom. The Morgan fingerprint density at radius 1 is 1.05 bits per heavy atom. The lowest BCUT2D eigenvalue weighted by molar-refractivity contribution is 0.172. The molecule has 19 heavy (non-hydrogen) atoms. The minimum absolute atomic E-state index is 0.636. The second-order valence-corrected chi connectivity index (χ2v) is 6.67. The molecule has 0 bridgehead atoms. The summed E-state index contributed by atoms with van der Waals surface area (Å²) in [4.78, 5) is 2.60. The van der Waals surface area contributed by atoms with Gasteiger partial charge < -0.3 is 4.90 Å². The summed E-state index contributed by atoms with van der Waals surface area (Å²) in [5, 5.41) is 0. The van der Waals surface area contributed by atoms with Crippen LogP contribution in [0.15, 0.2) is 18.2 Å². The van der Waals surface area contributed by atoms with E-state index in [9.17, 15) is 0 Å². The number of nitrogens with zero attached hydrogens (tertiary/aromatic N) is 1. The molecule has 0 N–H and O–H groups in total. The van der Waals surface area contributed by atoms with Crippen LogP contribution in [0.2, 0.25) is 0 Å². The predicted molar refractivity (Wildman–Crippen MR) is 84.0 cm³/mol. The van der Waals surface area contributed by atoms with Crippen LogP contribution in [0, 0.1) is 6.92 Å². The van der Waals surface area contributed by atoms with E-state index in [0.29, 0.717) is 12.0 Å². The lowest BCUT2D eigenvalue weighted by Crippen LogP contribution is -2.37. The van der Waals surface area contributed by atoms with Gasteiger partial charge >= 0.3 is 0 Å². The maximum atomic E-state index is 2.60. The predicted octanol–water partition coefficient (Wildman–Crippen LogP) is 4.71. The summed E-state index contributed by atoms with van der Waals surface area (Å²) in [6, 6.07) is 7.86. The molecule has 0 atom stereocenters. The molecule has 1 fully saturated rings. The van der Waals surface area contributed by atoms with Crippen molar-refractivity contribution in [2.75, 3.05) is 13.1 Å². The molecule has 2 rings (SSSR count). The van der Waals surface area contributed by atoms with Crippen molar-refractivity contribution in [3.05, 3.63) is 34.9 Å². The number of hydrogen-bond donors (Lipinski definition) is 0. The Labute approximate surface area is 119 Å². The largest absolute Gasteiger partial charge is 0.301 e. The molecule has 0 spiro atoms. The highest BCUT2D eigenvalue weighted by atomic mass is 15.1. The summed E-state index contributed by atoms with van der Waals surface area (Å²) < 4.78 is 0. The third-order valence-corrected chi connectivity index (χ3v) is 4.65. The third-order valence-electron chi connectivity index (χ3n) is 4.65. The molecule has 0 aromatic heterocycles. The molecular formula is C18H29N. The second kappa shape index (κ2) is 6.09. The lowest BCUT2D eigenvalue weighted by atomic mass is 9.86. The molecule has 1 saturated heterocycles. The molecule has 0 unspecified atom stereocenters. The molecule has 0 radical (unpaired) electrons. The average Bonchev–Trinajstić information content (AvgIpc) is 2.38. The van der Waals surface area contributed by atoms with Crippen LogP contribution >= 0.6 is 0 Å². The number of likely N-dealkylation sites (tertiary alicyclic amines) is 1. The summed E-state index contributed by atoms with van der Waals surface area (Å²) in [5.74, 6) is 1.41. The SMILES string of the molecule is Cc1cc(C2CCN(C(C)C)CC2)ccc1C(C)C. The highest BCUT2D eigenvalue weighted by molar-refractivity contribution is 5.35. The van der Waals surface area contributed by atoms with Gasteiger partial charge in [0.25, 0.3) is 0 Å². The molecule has 1 heterocycles. The van der Waals surface area contributed by atoms with Gasteiger partial charge in [0.05, 0.1) is 0 Å². The molecule has 1 aliphatic heterocycles. The summed E-state index contributed by atoms with van der Waals surface area (Å²) in [5.41, 5.74) is 4.53. The molecule has 1 aliphatic rings. The quantitative estimate of drug-likeness (QED) is 0.760. The second-order valence-electron chi connectivity index (χ2n) is 6.67. The third kappa shape index (κ3) is 3.39. The van der Waals surface area contributed by atoms with Crippen molar-refractivity contribution < 1.29 is 0 Å². The first-order valence-corrected chi connectivity index (χ1v) is 7.83. The van der Waals surface area contributed by atoms with Crippen molar-refractivity contribution in [3.8, 4) is 0 Å². The maximum absolute atomic E-state index is 2.60. The Bertz CT molecular complexity index is 412. The lowest BCUT2D eigenvalue weighted by Gasteiger charge is -2.35. The van der Waals surface area contributed by atoms with Gasteiger partial charge in [-0.15, -0.1) is 0 Å². The van der Waals surface area contributed by atoms with Crippen LogP contribution in [0.1, 0.15) is 69.1 Å². The van der Waals surface area contributed by atoms with Crippen LogP contribution in [0.4, 0.5) is 0 Å². The fourth-order valence-electron chi connectivity index (χ4n) is 3.35. The fourth-order valence-corrected chi connectivity index (χ4v) is 3.35. The van der Waals surface area contributed by atoms with Crippen LogP contribution in [0.25, 0.3) is 0 Å². The Morgan fingerprint density at radius 3 is 2.16 bits per heavy atom. The molecule has 1 aromatic rings. The minimum atomic E-state index is 0.636. The Hall–Kier alpha value is -0.820. The smallest absolute Gasteiger partial charge is 0.00385 e. The van der Waals surface area contributed by atoms with E-state index in [1.54, 1.807) is 5.56 Å². The molecular weight excluding hydrogens is 230 g/mol. The first kappa shape index (κ1) is 14.6. The van der Waals surface area contributed by atoms with Gasteiger partial charge in [-0.05, 0) is 75.2 Å². The van der Waals surface area contributed by atoms with E-state index in [4.69, 9.17) is 0 Å². The van der Waals surface area contributed by atoms with E-state index in [2.05, 4.69) is 57.7 Å². The topological polar surface area (TPSA) is 3.24 Å². The first-order valence-electron chi connectivity index (χ1n) is 7.83. The van der Waals surface area contributed by atoms with E-state index in [0.717, 1.165) is 5.92 Å². The molecule has 0 saturated carbocycles. The Kier molecular flexibility index (Phi) is 4.67. The van der Waals surface area contributed by atoms with Crippen molar-refractivity contribution in [2.45, 2.75) is 65.3 Å². The van der Waals surface area contributed by atoms with Crippen LogP contribution in [-0.2, 0) is 0 Å². The van der Waals surface area contributed by atoms with Crippen LogP contribution in [0.5, 0.6) is 0 Å². The van der Waals surface area contributed by atoms with E-state index < -0.39 is 0 Å². The van der Waals surface area contributed by atoms with Crippen molar-refractivity contribution in [2.24, 2.45) is 0 Å². The van der Waals surface area contributed by atoms with Gasteiger partial charge in [-0.3, -0.25) is 0 Å². The highest BCUT2D eigenvalue weighted by Gasteiger charge is 2.22. The number of hydrogen-bond acceptors (Lipinski definition) is 1. The molecule has 0 aliphatic carbocycles. The van der Waals surface area contributed by atoms with E-state index in [1.165, 1.54) is 37.1 Å². The van der Waals surface area contributed by atoms with Crippen LogP contribution in [-0.4, -0.2) is 24.0 Å². The summed E-state index contributed by atoms with van der Waals surface area (Å²) in [6.45, 7) is 14.0. The number of aryl methyl sites for hydroxylation is 1.